The van der Waals surface area contributed by atoms with Gasteiger partial charge in [-0.3, -0.25) is 10.1 Å². The maximum absolute atomic E-state index is 13.2. The van der Waals surface area contributed by atoms with Crippen LogP contribution in [0.5, 0.6) is 5.75 Å². The van der Waals surface area contributed by atoms with Crippen LogP contribution in [0.1, 0.15) is 12.5 Å². The van der Waals surface area contributed by atoms with E-state index in [1.807, 2.05) is 6.92 Å². The van der Waals surface area contributed by atoms with Crippen LogP contribution >= 0.6 is 0 Å². The third-order valence-electron chi connectivity index (χ3n) is 3.03. The van der Waals surface area contributed by atoms with Crippen molar-refractivity contribution in [2.45, 2.75) is 19.4 Å². The van der Waals surface area contributed by atoms with Crippen LogP contribution in [0, 0.1) is 15.9 Å². The highest BCUT2D eigenvalue weighted by Crippen LogP contribution is 2.22. The van der Waals surface area contributed by atoms with E-state index in [9.17, 15) is 19.6 Å². The fourth-order valence-corrected chi connectivity index (χ4v) is 2.06. The minimum absolute atomic E-state index is 0.000363. The highest BCUT2D eigenvalue weighted by Gasteiger charge is 2.15. The van der Waals surface area contributed by atoms with Crippen molar-refractivity contribution < 1.29 is 14.4 Å². The average molecular weight is 290 g/mol. The van der Waals surface area contributed by atoms with Crippen LogP contribution in [0.2, 0.25) is 0 Å². The number of benzene rings is 2. The molecule has 5 nitrogen and oxygen atoms in total. The van der Waals surface area contributed by atoms with E-state index in [1.165, 1.54) is 12.1 Å². The summed E-state index contributed by atoms with van der Waals surface area (Å²) in [6, 6.07) is 10.5. The summed E-state index contributed by atoms with van der Waals surface area (Å²) in [5.41, 5.74) is 0.968. The first-order valence-electron chi connectivity index (χ1n) is 6.44. The number of nitro groups is 1. The van der Waals surface area contributed by atoms with Crippen LogP contribution in [0.25, 0.3) is 0 Å². The molecule has 0 aliphatic heterocycles. The molecule has 0 saturated heterocycles. The number of nitrogens with zero attached hydrogens (tertiary/aromatic N) is 1. The molecule has 0 fully saturated rings. The molecule has 0 aliphatic rings. The minimum Gasteiger partial charge on any atom is -0.508 e. The molecule has 1 unspecified atom stereocenters. The lowest BCUT2D eigenvalue weighted by molar-refractivity contribution is -0.387. The number of aromatic hydroxyl groups is 1. The number of nitrogens with one attached hydrogen (secondary N) is 1. The first-order chi connectivity index (χ1) is 9.95. The summed E-state index contributed by atoms with van der Waals surface area (Å²) in [5, 5.41) is 23.0. The van der Waals surface area contributed by atoms with E-state index in [0.29, 0.717) is 12.1 Å². The van der Waals surface area contributed by atoms with Crippen LogP contribution in [-0.2, 0) is 6.42 Å². The summed E-state index contributed by atoms with van der Waals surface area (Å²) < 4.78 is 13.2. The molecular weight excluding hydrogens is 275 g/mol. The predicted molar refractivity (Wildman–Crippen MR) is 77.9 cm³/mol. The predicted octanol–water partition coefficient (Wildman–Crippen LogP) is 3.48. The Labute approximate surface area is 121 Å². The van der Waals surface area contributed by atoms with E-state index < -0.39 is 16.4 Å². The zero-order chi connectivity index (χ0) is 15.4. The van der Waals surface area contributed by atoms with Gasteiger partial charge in [-0.25, -0.2) is 0 Å². The van der Waals surface area contributed by atoms with Crippen LogP contribution in [0.4, 0.5) is 15.8 Å². The lowest BCUT2D eigenvalue weighted by Gasteiger charge is -2.15. The van der Waals surface area contributed by atoms with Crippen molar-refractivity contribution in [1.82, 2.24) is 0 Å². The average Bonchev–Trinajstić information content (AvgIpc) is 2.43. The van der Waals surface area contributed by atoms with Gasteiger partial charge in [0.1, 0.15) is 5.75 Å². The Morgan fingerprint density at radius 3 is 2.57 bits per heavy atom. The normalized spacial score (nSPS) is 11.9. The van der Waals surface area contributed by atoms with Gasteiger partial charge in [0.2, 0.25) is 5.82 Å². The third-order valence-corrected chi connectivity index (χ3v) is 3.03. The molecule has 0 spiro atoms. The number of anilines is 1. The summed E-state index contributed by atoms with van der Waals surface area (Å²) >= 11 is 0. The number of hydrogen-bond donors (Lipinski definition) is 2. The second-order valence-corrected chi connectivity index (χ2v) is 4.84. The molecule has 2 aromatic rings. The van der Waals surface area contributed by atoms with Crippen LogP contribution in [0.15, 0.2) is 42.5 Å². The van der Waals surface area contributed by atoms with Crippen molar-refractivity contribution in [3.05, 3.63) is 64.0 Å². The molecule has 0 aromatic heterocycles. The summed E-state index contributed by atoms with van der Waals surface area (Å²) in [5.74, 6) is -0.648. The summed E-state index contributed by atoms with van der Waals surface area (Å²) in [4.78, 5) is 9.95. The highest BCUT2D eigenvalue weighted by atomic mass is 19.1. The number of hydrogen-bond acceptors (Lipinski definition) is 4. The molecule has 6 heteroatoms. The minimum atomic E-state index is -0.850. The zero-order valence-electron chi connectivity index (χ0n) is 11.4. The maximum atomic E-state index is 13.2. The molecule has 2 rings (SSSR count). The van der Waals surface area contributed by atoms with Crippen molar-refractivity contribution >= 4 is 11.4 Å². The number of phenols is 1. The first kappa shape index (κ1) is 14.8. The van der Waals surface area contributed by atoms with Gasteiger partial charge in [0.15, 0.2) is 0 Å². The largest absolute Gasteiger partial charge is 0.508 e. The Bertz CT molecular complexity index is 644. The molecular formula is C15H15FN2O3. The van der Waals surface area contributed by atoms with E-state index >= 15 is 0 Å². The molecule has 0 aliphatic carbocycles. The standard InChI is InChI=1S/C15H15FN2O3/c1-10(8-11-2-5-13(19)6-3-11)17-12-4-7-14(16)15(9-12)18(20)21/h2-7,9-10,17,19H,8H2,1H3. The second-order valence-electron chi connectivity index (χ2n) is 4.84. The Morgan fingerprint density at radius 1 is 1.29 bits per heavy atom. The number of nitro benzene ring substituents is 1. The SMILES string of the molecule is CC(Cc1ccc(O)cc1)Nc1ccc(F)c([N+](=O)[O-])c1. The van der Waals surface area contributed by atoms with Crippen LogP contribution in [0.3, 0.4) is 0 Å². The molecule has 2 aromatic carbocycles. The Balaban J connectivity index is 2.05. The van der Waals surface area contributed by atoms with E-state index in [0.717, 1.165) is 11.6 Å². The van der Waals surface area contributed by atoms with Crippen molar-refractivity contribution in [1.29, 1.82) is 0 Å². The van der Waals surface area contributed by atoms with Crippen molar-refractivity contribution in [3.8, 4) is 5.75 Å². The lowest BCUT2D eigenvalue weighted by atomic mass is 10.1. The van der Waals surface area contributed by atoms with Gasteiger partial charge in [-0.05, 0) is 43.2 Å². The third kappa shape index (κ3) is 3.92. The zero-order valence-corrected chi connectivity index (χ0v) is 11.4. The quantitative estimate of drug-likeness (QED) is 0.653. The van der Waals surface area contributed by atoms with Crippen LogP contribution in [-0.4, -0.2) is 16.1 Å². The van der Waals surface area contributed by atoms with Crippen molar-refractivity contribution in [2.24, 2.45) is 0 Å². The topological polar surface area (TPSA) is 75.4 Å². The highest BCUT2D eigenvalue weighted by molar-refractivity contribution is 5.52. The molecule has 0 heterocycles. The van der Waals surface area contributed by atoms with Gasteiger partial charge < -0.3 is 10.4 Å². The molecule has 110 valence electrons. The molecule has 0 radical (unpaired) electrons. The molecule has 1 atom stereocenters. The van der Waals surface area contributed by atoms with Crippen LogP contribution < -0.4 is 5.32 Å². The first-order valence-corrected chi connectivity index (χ1v) is 6.44. The van der Waals surface area contributed by atoms with Crippen molar-refractivity contribution in [2.75, 3.05) is 5.32 Å². The fourth-order valence-electron chi connectivity index (χ4n) is 2.06. The number of rotatable bonds is 5. The van der Waals surface area contributed by atoms with E-state index in [-0.39, 0.29) is 11.8 Å². The monoisotopic (exact) mass is 290 g/mol. The van der Waals surface area contributed by atoms with Crippen molar-refractivity contribution in [3.63, 3.8) is 0 Å². The Morgan fingerprint density at radius 2 is 1.95 bits per heavy atom. The Kier molecular flexibility index (Phi) is 4.37. The van der Waals surface area contributed by atoms with Gasteiger partial charge in [0.25, 0.3) is 0 Å². The Hall–Kier alpha value is -2.63. The van der Waals surface area contributed by atoms with Gasteiger partial charge in [-0.1, -0.05) is 12.1 Å². The second kappa shape index (κ2) is 6.21. The molecule has 2 N–H and O–H groups in total. The van der Waals surface area contributed by atoms with E-state index in [1.54, 1.807) is 24.3 Å². The summed E-state index contributed by atoms with van der Waals surface area (Å²) in [6.45, 7) is 1.92. The smallest absolute Gasteiger partial charge is 0.306 e. The van der Waals surface area contributed by atoms with E-state index in [4.69, 9.17) is 0 Å². The summed E-state index contributed by atoms with van der Waals surface area (Å²) in [6.07, 6.45) is 0.672. The van der Waals surface area contributed by atoms with Gasteiger partial charge >= 0.3 is 5.69 Å². The maximum Gasteiger partial charge on any atom is 0.306 e. The van der Waals surface area contributed by atoms with Gasteiger partial charge in [0, 0.05) is 17.8 Å². The summed E-state index contributed by atoms with van der Waals surface area (Å²) in [7, 11) is 0. The fraction of sp³-hybridized carbons (Fsp3) is 0.200. The van der Waals surface area contributed by atoms with Gasteiger partial charge in [-0.15, -0.1) is 0 Å². The van der Waals surface area contributed by atoms with E-state index in [2.05, 4.69) is 5.32 Å². The number of phenolic OH excluding ortho intramolecular Hbond substituents is 1. The molecule has 0 amide bonds. The molecule has 0 saturated carbocycles. The molecule has 21 heavy (non-hydrogen) atoms. The number of halogens is 1. The lowest BCUT2D eigenvalue weighted by Crippen LogP contribution is -2.18. The van der Waals surface area contributed by atoms with Gasteiger partial charge in [0.05, 0.1) is 4.92 Å². The molecule has 0 bridgehead atoms. The van der Waals surface area contributed by atoms with Gasteiger partial charge in [-0.2, -0.15) is 4.39 Å².